The van der Waals surface area contributed by atoms with Gasteiger partial charge in [0.2, 0.25) is 0 Å². The van der Waals surface area contributed by atoms with Crippen molar-refractivity contribution in [1.29, 1.82) is 0 Å². The lowest BCUT2D eigenvalue weighted by molar-refractivity contribution is -0.384. The molecule has 1 aromatic heterocycles. The standard InChI is InChI=1S/C19H16N4O5S2/c1-13(14-6-4-7-15(12-14)23(25)26)20-21-19(24)16-8-2-3-9-17(16)22-30(27,28)18-10-5-11-29-18/h2-12,20,22H,1H2,(H,21,24). The molecule has 154 valence electrons. The molecule has 0 spiro atoms. The number of rotatable bonds is 8. The molecule has 0 radical (unpaired) electrons. The third kappa shape index (κ3) is 4.82. The van der Waals surface area contributed by atoms with Crippen molar-refractivity contribution >= 4 is 44.3 Å². The molecule has 2 aromatic carbocycles. The molecule has 1 heterocycles. The average Bonchev–Trinajstić information content (AvgIpc) is 3.28. The van der Waals surface area contributed by atoms with Gasteiger partial charge in [-0.15, -0.1) is 11.3 Å². The molecule has 0 aliphatic carbocycles. The zero-order chi connectivity index (χ0) is 21.7. The van der Waals surface area contributed by atoms with E-state index in [0.717, 1.165) is 11.3 Å². The number of nitro benzene ring substituents is 1. The van der Waals surface area contributed by atoms with Crippen LogP contribution in [-0.4, -0.2) is 19.2 Å². The Labute approximate surface area is 176 Å². The van der Waals surface area contributed by atoms with Gasteiger partial charge in [-0.1, -0.05) is 36.9 Å². The van der Waals surface area contributed by atoms with Gasteiger partial charge >= 0.3 is 0 Å². The van der Waals surface area contributed by atoms with Gasteiger partial charge in [0, 0.05) is 17.7 Å². The van der Waals surface area contributed by atoms with Crippen LogP contribution in [-0.2, 0) is 10.0 Å². The summed E-state index contributed by atoms with van der Waals surface area (Å²) in [5.41, 5.74) is 5.71. The van der Waals surface area contributed by atoms with Gasteiger partial charge in [0.1, 0.15) is 4.21 Å². The van der Waals surface area contributed by atoms with Crippen LogP contribution in [0.5, 0.6) is 0 Å². The molecule has 3 rings (SSSR count). The minimum atomic E-state index is -3.83. The number of anilines is 1. The first-order chi connectivity index (χ1) is 14.3. The summed E-state index contributed by atoms with van der Waals surface area (Å²) < 4.78 is 27.4. The molecule has 0 aliphatic rings. The Bertz CT molecular complexity index is 1210. The number of nitrogens with zero attached hydrogens (tertiary/aromatic N) is 1. The smallest absolute Gasteiger partial charge is 0.271 e. The van der Waals surface area contributed by atoms with E-state index in [2.05, 4.69) is 22.2 Å². The van der Waals surface area contributed by atoms with Gasteiger partial charge < -0.3 is 0 Å². The van der Waals surface area contributed by atoms with Crippen molar-refractivity contribution in [1.82, 2.24) is 10.9 Å². The maximum atomic E-state index is 12.6. The van der Waals surface area contributed by atoms with Crippen LogP contribution in [0.15, 0.2) is 76.8 Å². The van der Waals surface area contributed by atoms with Crippen LogP contribution in [0.4, 0.5) is 11.4 Å². The molecule has 0 aliphatic heterocycles. The summed E-state index contributed by atoms with van der Waals surface area (Å²) in [6.07, 6.45) is 0. The molecule has 0 unspecified atom stereocenters. The van der Waals surface area contributed by atoms with Gasteiger partial charge in [0.15, 0.2) is 0 Å². The second-order valence-electron chi connectivity index (χ2n) is 5.95. The van der Waals surface area contributed by atoms with Crippen molar-refractivity contribution in [2.24, 2.45) is 0 Å². The summed E-state index contributed by atoms with van der Waals surface area (Å²) in [7, 11) is -3.83. The Morgan fingerprint density at radius 2 is 1.80 bits per heavy atom. The van der Waals surface area contributed by atoms with Gasteiger partial charge in [0.05, 0.1) is 21.9 Å². The lowest BCUT2D eigenvalue weighted by Crippen LogP contribution is -2.36. The first-order valence-electron chi connectivity index (χ1n) is 8.43. The maximum Gasteiger partial charge on any atom is 0.271 e. The van der Waals surface area contributed by atoms with E-state index in [9.17, 15) is 23.3 Å². The number of para-hydroxylation sites is 1. The number of nitrogens with one attached hydrogen (secondary N) is 3. The Kier molecular flexibility index (Phi) is 6.14. The van der Waals surface area contributed by atoms with Gasteiger partial charge in [-0.05, 0) is 23.6 Å². The predicted molar refractivity (Wildman–Crippen MR) is 114 cm³/mol. The molecule has 0 bridgehead atoms. The number of nitro groups is 1. The molecule has 1 amide bonds. The average molecular weight is 444 g/mol. The molecule has 0 fully saturated rings. The topological polar surface area (TPSA) is 130 Å². The highest BCUT2D eigenvalue weighted by molar-refractivity contribution is 7.94. The van der Waals surface area contributed by atoms with Gasteiger partial charge in [-0.25, -0.2) is 8.42 Å². The van der Waals surface area contributed by atoms with E-state index in [4.69, 9.17) is 0 Å². The van der Waals surface area contributed by atoms with Crippen LogP contribution < -0.4 is 15.6 Å². The molecular weight excluding hydrogens is 428 g/mol. The Hall–Kier alpha value is -3.70. The normalized spacial score (nSPS) is 10.8. The Balaban J connectivity index is 1.73. The molecule has 30 heavy (non-hydrogen) atoms. The Morgan fingerprint density at radius 3 is 2.50 bits per heavy atom. The Morgan fingerprint density at radius 1 is 1.03 bits per heavy atom. The molecule has 11 heteroatoms. The third-order valence-corrected chi connectivity index (χ3v) is 6.67. The van der Waals surface area contributed by atoms with E-state index in [1.807, 2.05) is 0 Å². The molecule has 3 aromatic rings. The number of hydrogen-bond donors (Lipinski definition) is 3. The van der Waals surface area contributed by atoms with Crippen molar-refractivity contribution in [3.63, 3.8) is 0 Å². The van der Waals surface area contributed by atoms with Gasteiger partial charge in [-0.3, -0.25) is 30.5 Å². The van der Waals surface area contributed by atoms with Crippen LogP contribution in [0.1, 0.15) is 15.9 Å². The van der Waals surface area contributed by atoms with Crippen LogP contribution in [0.2, 0.25) is 0 Å². The monoisotopic (exact) mass is 444 g/mol. The lowest BCUT2D eigenvalue weighted by atomic mass is 10.1. The summed E-state index contributed by atoms with van der Waals surface area (Å²) in [6.45, 7) is 3.75. The van der Waals surface area contributed by atoms with Crippen LogP contribution in [0.25, 0.3) is 5.70 Å². The number of sulfonamides is 1. The van der Waals surface area contributed by atoms with Crippen molar-refractivity contribution in [2.45, 2.75) is 4.21 Å². The molecule has 9 nitrogen and oxygen atoms in total. The van der Waals surface area contributed by atoms with Gasteiger partial charge in [0.25, 0.3) is 21.6 Å². The number of hydrazine groups is 1. The van der Waals surface area contributed by atoms with Crippen LogP contribution in [0.3, 0.4) is 0 Å². The van der Waals surface area contributed by atoms with E-state index in [1.54, 1.807) is 29.6 Å². The second-order valence-corrected chi connectivity index (χ2v) is 8.81. The highest BCUT2D eigenvalue weighted by Gasteiger charge is 2.19. The largest absolute Gasteiger partial charge is 0.298 e. The van der Waals surface area contributed by atoms with Gasteiger partial charge in [-0.2, -0.15) is 0 Å². The minimum absolute atomic E-state index is 0.0805. The number of amides is 1. The van der Waals surface area contributed by atoms with E-state index < -0.39 is 20.9 Å². The minimum Gasteiger partial charge on any atom is -0.298 e. The maximum absolute atomic E-state index is 12.6. The lowest BCUT2D eigenvalue weighted by Gasteiger charge is -2.14. The van der Waals surface area contributed by atoms with E-state index >= 15 is 0 Å². The zero-order valence-corrected chi connectivity index (χ0v) is 17.0. The SMILES string of the molecule is C=C(NNC(=O)c1ccccc1NS(=O)(=O)c1cccs1)c1cccc([N+](=O)[O-])c1. The summed E-state index contributed by atoms with van der Waals surface area (Å²) in [5, 5.41) is 12.5. The van der Waals surface area contributed by atoms with E-state index in [0.29, 0.717) is 5.56 Å². The van der Waals surface area contributed by atoms with Crippen LogP contribution >= 0.6 is 11.3 Å². The number of benzene rings is 2. The highest BCUT2D eigenvalue weighted by Crippen LogP contribution is 2.23. The van der Waals surface area contributed by atoms with Crippen LogP contribution in [0, 0.1) is 10.1 Å². The summed E-state index contributed by atoms with van der Waals surface area (Å²) >= 11 is 1.06. The van der Waals surface area contributed by atoms with Crippen molar-refractivity contribution < 1.29 is 18.1 Å². The molecule has 3 N–H and O–H groups in total. The summed E-state index contributed by atoms with van der Waals surface area (Å²) in [4.78, 5) is 23.0. The quantitative estimate of drug-likeness (QED) is 0.361. The highest BCUT2D eigenvalue weighted by atomic mass is 32.2. The fourth-order valence-corrected chi connectivity index (χ4v) is 4.53. The predicted octanol–water partition coefficient (Wildman–Crippen LogP) is 3.36. The number of non-ortho nitro benzene ring substituents is 1. The van der Waals surface area contributed by atoms with E-state index in [1.165, 1.54) is 36.4 Å². The summed E-state index contributed by atoms with van der Waals surface area (Å²) in [6, 6.07) is 14.9. The molecular formula is C19H16N4O5S2. The number of thiophene rings is 1. The third-order valence-electron chi connectivity index (χ3n) is 3.91. The fourth-order valence-electron chi connectivity index (χ4n) is 2.46. The molecule has 0 atom stereocenters. The first kappa shape index (κ1) is 21.0. The fraction of sp³-hybridized carbons (Fsp3) is 0. The zero-order valence-electron chi connectivity index (χ0n) is 15.4. The molecule has 0 saturated heterocycles. The second kappa shape index (κ2) is 8.76. The van der Waals surface area contributed by atoms with Crippen molar-refractivity contribution in [3.8, 4) is 0 Å². The summed E-state index contributed by atoms with van der Waals surface area (Å²) in [5.74, 6) is -0.619. The first-order valence-corrected chi connectivity index (χ1v) is 10.8. The van der Waals surface area contributed by atoms with Crippen molar-refractivity contribution in [2.75, 3.05) is 4.72 Å². The van der Waals surface area contributed by atoms with E-state index in [-0.39, 0.29) is 26.8 Å². The molecule has 0 saturated carbocycles. The number of carbonyl (C=O) groups is 1. The van der Waals surface area contributed by atoms with Crippen molar-refractivity contribution in [3.05, 3.63) is 93.9 Å². The number of carbonyl (C=O) groups excluding carboxylic acids is 1. The number of hydrogen-bond acceptors (Lipinski definition) is 7.